The molecule has 1 fully saturated rings. The van der Waals surface area contributed by atoms with Crippen molar-refractivity contribution in [3.63, 3.8) is 0 Å². The summed E-state index contributed by atoms with van der Waals surface area (Å²) in [6.07, 6.45) is 0.920. The van der Waals surface area contributed by atoms with Gasteiger partial charge in [0.1, 0.15) is 5.82 Å². The van der Waals surface area contributed by atoms with Gasteiger partial charge in [0.25, 0.3) is 0 Å². The highest BCUT2D eigenvalue weighted by Crippen LogP contribution is 2.24. The predicted molar refractivity (Wildman–Crippen MR) is 116 cm³/mol. The van der Waals surface area contributed by atoms with Crippen LogP contribution in [0.15, 0.2) is 42.5 Å². The number of sulfonamides is 1. The molecule has 2 aromatic carbocycles. The first-order chi connectivity index (χ1) is 14.2. The number of aryl methyl sites for hydroxylation is 2. The Balaban J connectivity index is 1.57. The van der Waals surface area contributed by atoms with Crippen molar-refractivity contribution < 1.29 is 17.6 Å². The SMILES string of the molecule is Cc1ccc(C)c([C@@H](C)NC(=O)C2CCN(S(=O)(=O)Cc3ccccc3F)CC2)c1. The smallest absolute Gasteiger partial charge is 0.223 e. The Morgan fingerprint density at radius 3 is 2.50 bits per heavy atom. The number of rotatable bonds is 6. The lowest BCUT2D eigenvalue weighted by Crippen LogP contribution is -2.43. The minimum absolute atomic E-state index is 0.0467. The van der Waals surface area contributed by atoms with Gasteiger partial charge in [-0.2, -0.15) is 0 Å². The van der Waals surface area contributed by atoms with E-state index in [4.69, 9.17) is 0 Å². The van der Waals surface area contributed by atoms with Crippen LogP contribution in [0.25, 0.3) is 0 Å². The molecule has 5 nitrogen and oxygen atoms in total. The number of halogens is 1. The van der Waals surface area contributed by atoms with Gasteiger partial charge in [-0.05, 0) is 50.8 Å². The number of amides is 1. The zero-order valence-corrected chi connectivity index (χ0v) is 18.5. The number of carbonyl (C=O) groups excluding carboxylic acids is 1. The second kappa shape index (κ2) is 9.27. The Hall–Kier alpha value is -2.25. The van der Waals surface area contributed by atoms with Gasteiger partial charge in [-0.15, -0.1) is 0 Å². The Morgan fingerprint density at radius 2 is 1.83 bits per heavy atom. The summed E-state index contributed by atoms with van der Waals surface area (Å²) in [6, 6.07) is 12.0. The van der Waals surface area contributed by atoms with E-state index in [1.165, 1.54) is 22.5 Å². The van der Waals surface area contributed by atoms with Crippen LogP contribution >= 0.6 is 0 Å². The molecule has 3 rings (SSSR count). The lowest BCUT2D eigenvalue weighted by atomic mass is 9.95. The van der Waals surface area contributed by atoms with Crippen LogP contribution < -0.4 is 5.32 Å². The molecule has 30 heavy (non-hydrogen) atoms. The van der Waals surface area contributed by atoms with Gasteiger partial charge in [-0.3, -0.25) is 4.79 Å². The third kappa shape index (κ3) is 5.26. The molecule has 2 aromatic rings. The normalized spacial score (nSPS) is 16.9. The van der Waals surface area contributed by atoms with Gasteiger partial charge >= 0.3 is 0 Å². The summed E-state index contributed by atoms with van der Waals surface area (Å²) in [6.45, 7) is 6.55. The quantitative estimate of drug-likeness (QED) is 0.754. The van der Waals surface area contributed by atoms with Crippen molar-refractivity contribution in [2.24, 2.45) is 5.92 Å². The summed E-state index contributed by atoms with van der Waals surface area (Å²) in [4.78, 5) is 12.7. The summed E-state index contributed by atoms with van der Waals surface area (Å²) in [5.74, 6) is -1.15. The van der Waals surface area contributed by atoms with Crippen molar-refractivity contribution in [1.82, 2.24) is 9.62 Å². The third-order valence-corrected chi connectivity index (χ3v) is 7.60. The number of nitrogens with zero attached hydrogens (tertiary/aromatic N) is 1. The van der Waals surface area contributed by atoms with E-state index in [1.54, 1.807) is 6.07 Å². The summed E-state index contributed by atoms with van der Waals surface area (Å²) < 4.78 is 40.6. The molecule has 1 atom stereocenters. The molecular formula is C23H29FN2O3S. The Morgan fingerprint density at radius 1 is 1.17 bits per heavy atom. The Kier molecular flexibility index (Phi) is 6.93. The second-order valence-corrected chi connectivity index (χ2v) is 10.1. The minimum atomic E-state index is -3.62. The number of piperidine rings is 1. The van der Waals surface area contributed by atoms with E-state index in [1.807, 2.05) is 32.9 Å². The van der Waals surface area contributed by atoms with Gasteiger partial charge < -0.3 is 5.32 Å². The minimum Gasteiger partial charge on any atom is -0.349 e. The van der Waals surface area contributed by atoms with E-state index in [0.717, 1.165) is 16.7 Å². The molecule has 1 amide bonds. The average Bonchev–Trinajstić information content (AvgIpc) is 2.71. The highest BCUT2D eigenvalue weighted by atomic mass is 32.2. The van der Waals surface area contributed by atoms with E-state index < -0.39 is 15.8 Å². The zero-order valence-electron chi connectivity index (χ0n) is 17.7. The van der Waals surface area contributed by atoms with Crippen molar-refractivity contribution in [3.05, 3.63) is 70.5 Å². The maximum absolute atomic E-state index is 13.8. The van der Waals surface area contributed by atoms with Crippen LogP contribution in [0, 0.1) is 25.6 Å². The predicted octanol–water partition coefficient (Wildman–Crippen LogP) is 3.86. The largest absolute Gasteiger partial charge is 0.349 e. The van der Waals surface area contributed by atoms with Crippen molar-refractivity contribution in [2.45, 2.75) is 45.4 Å². The van der Waals surface area contributed by atoms with Gasteiger partial charge in [0.2, 0.25) is 15.9 Å². The van der Waals surface area contributed by atoms with Crippen molar-refractivity contribution in [1.29, 1.82) is 0 Å². The second-order valence-electron chi connectivity index (χ2n) is 8.11. The number of hydrogen-bond donors (Lipinski definition) is 1. The first-order valence-corrected chi connectivity index (χ1v) is 11.9. The van der Waals surface area contributed by atoms with Gasteiger partial charge in [-0.25, -0.2) is 17.1 Å². The first-order valence-electron chi connectivity index (χ1n) is 10.3. The van der Waals surface area contributed by atoms with E-state index >= 15 is 0 Å². The molecule has 0 spiro atoms. The van der Waals surface area contributed by atoms with Crippen LogP contribution in [-0.2, 0) is 20.6 Å². The standard InChI is InChI=1S/C23H29FN2O3S/c1-16-8-9-17(2)21(14-16)18(3)25-23(27)19-10-12-26(13-11-19)30(28,29)15-20-6-4-5-7-22(20)24/h4-9,14,18-19H,10-13,15H2,1-3H3,(H,25,27)/t18-/m1/s1. The van der Waals surface area contributed by atoms with Crippen LogP contribution in [0.1, 0.15) is 48.1 Å². The molecule has 162 valence electrons. The van der Waals surface area contributed by atoms with Gasteiger partial charge in [0.05, 0.1) is 11.8 Å². The van der Waals surface area contributed by atoms with Crippen molar-refractivity contribution >= 4 is 15.9 Å². The van der Waals surface area contributed by atoms with Crippen LogP contribution in [0.3, 0.4) is 0 Å². The molecule has 1 saturated heterocycles. The first kappa shape index (κ1) is 22.4. The monoisotopic (exact) mass is 432 g/mol. The van der Waals surface area contributed by atoms with E-state index in [-0.39, 0.29) is 42.3 Å². The topological polar surface area (TPSA) is 66.5 Å². The number of carbonyl (C=O) groups is 1. The van der Waals surface area contributed by atoms with Crippen molar-refractivity contribution in [2.75, 3.05) is 13.1 Å². The molecule has 0 unspecified atom stereocenters. The molecule has 1 aliphatic rings. The average molecular weight is 433 g/mol. The van der Waals surface area contributed by atoms with Crippen LogP contribution in [0.4, 0.5) is 4.39 Å². The molecule has 1 heterocycles. The van der Waals surface area contributed by atoms with Gasteiger partial charge in [-0.1, -0.05) is 42.0 Å². The van der Waals surface area contributed by atoms with E-state index in [9.17, 15) is 17.6 Å². The molecular weight excluding hydrogens is 403 g/mol. The molecule has 1 N–H and O–H groups in total. The molecule has 0 bridgehead atoms. The molecule has 7 heteroatoms. The fourth-order valence-electron chi connectivity index (χ4n) is 3.93. The number of nitrogens with one attached hydrogen (secondary N) is 1. The molecule has 0 radical (unpaired) electrons. The van der Waals surface area contributed by atoms with Crippen LogP contribution in [0.2, 0.25) is 0 Å². The lowest BCUT2D eigenvalue weighted by Gasteiger charge is -2.31. The third-order valence-electron chi connectivity index (χ3n) is 5.77. The van der Waals surface area contributed by atoms with E-state index in [2.05, 4.69) is 11.4 Å². The van der Waals surface area contributed by atoms with Gasteiger partial charge in [0.15, 0.2) is 0 Å². The van der Waals surface area contributed by atoms with Crippen LogP contribution in [0.5, 0.6) is 0 Å². The number of benzene rings is 2. The molecule has 0 aromatic heterocycles. The van der Waals surface area contributed by atoms with Crippen molar-refractivity contribution in [3.8, 4) is 0 Å². The zero-order chi connectivity index (χ0) is 21.9. The summed E-state index contributed by atoms with van der Waals surface area (Å²) in [5, 5.41) is 3.08. The van der Waals surface area contributed by atoms with E-state index in [0.29, 0.717) is 12.8 Å². The molecule has 0 saturated carbocycles. The maximum atomic E-state index is 13.8. The fourth-order valence-corrected chi connectivity index (χ4v) is 5.51. The summed E-state index contributed by atoms with van der Waals surface area (Å²) in [7, 11) is -3.62. The highest BCUT2D eigenvalue weighted by Gasteiger charge is 2.32. The molecule has 1 aliphatic heterocycles. The summed E-state index contributed by atoms with van der Waals surface area (Å²) >= 11 is 0. The lowest BCUT2D eigenvalue weighted by molar-refractivity contribution is -0.126. The number of hydrogen-bond acceptors (Lipinski definition) is 3. The Labute approximate surface area is 178 Å². The molecule has 0 aliphatic carbocycles. The van der Waals surface area contributed by atoms with Crippen LogP contribution in [-0.4, -0.2) is 31.7 Å². The maximum Gasteiger partial charge on any atom is 0.223 e. The van der Waals surface area contributed by atoms with Gasteiger partial charge in [0, 0.05) is 24.6 Å². The fraction of sp³-hybridized carbons (Fsp3) is 0.435. The highest BCUT2D eigenvalue weighted by molar-refractivity contribution is 7.88. The Bertz CT molecular complexity index is 1010. The summed E-state index contributed by atoms with van der Waals surface area (Å²) in [5.41, 5.74) is 3.53.